The molecule has 0 fully saturated rings. The SMILES string of the molecule is CNc1ccc(C(=O)NC(CCC(=O)OCc2ccccc2)C(=O)OCc2ccccc2)cc1C(=O)OC. The number of nitrogens with one attached hydrogen (secondary N) is 2. The first kappa shape index (κ1) is 27.9. The van der Waals surface area contributed by atoms with E-state index in [-0.39, 0.29) is 37.2 Å². The first-order valence-corrected chi connectivity index (χ1v) is 12.0. The van der Waals surface area contributed by atoms with Crippen LogP contribution in [-0.4, -0.2) is 44.0 Å². The predicted octanol–water partition coefficient (Wildman–Crippen LogP) is 3.88. The third-order valence-electron chi connectivity index (χ3n) is 5.65. The van der Waals surface area contributed by atoms with Crippen molar-refractivity contribution in [2.75, 3.05) is 19.5 Å². The average Bonchev–Trinajstić information content (AvgIpc) is 2.97. The summed E-state index contributed by atoms with van der Waals surface area (Å²) in [4.78, 5) is 50.5. The van der Waals surface area contributed by atoms with Gasteiger partial charge in [-0.2, -0.15) is 0 Å². The molecule has 2 N–H and O–H groups in total. The molecule has 1 atom stereocenters. The van der Waals surface area contributed by atoms with Crippen molar-refractivity contribution >= 4 is 29.5 Å². The highest BCUT2D eigenvalue weighted by atomic mass is 16.5. The molecule has 3 aromatic carbocycles. The fourth-order valence-electron chi connectivity index (χ4n) is 3.57. The first-order valence-electron chi connectivity index (χ1n) is 12.0. The molecule has 198 valence electrons. The maximum absolute atomic E-state index is 13.0. The molecule has 3 rings (SSSR count). The molecule has 0 aromatic heterocycles. The molecular formula is C29H30N2O7. The smallest absolute Gasteiger partial charge is 0.339 e. The fraction of sp³-hybridized carbons (Fsp3) is 0.241. The van der Waals surface area contributed by atoms with Gasteiger partial charge in [0.25, 0.3) is 5.91 Å². The van der Waals surface area contributed by atoms with Crippen molar-refractivity contribution in [2.24, 2.45) is 0 Å². The van der Waals surface area contributed by atoms with Gasteiger partial charge < -0.3 is 24.8 Å². The summed E-state index contributed by atoms with van der Waals surface area (Å²) >= 11 is 0. The number of hydrogen-bond donors (Lipinski definition) is 2. The summed E-state index contributed by atoms with van der Waals surface area (Å²) in [5.74, 6) is -2.45. The van der Waals surface area contributed by atoms with E-state index in [1.807, 2.05) is 48.5 Å². The molecule has 0 radical (unpaired) electrons. The highest BCUT2D eigenvalue weighted by Crippen LogP contribution is 2.19. The Bertz CT molecular complexity index is 1250. The summed E-state index contributed by atoms with van der Waals surface area (Å²) in [7, 11) is 2.88. The van der Waals surface area contributed by atoms with Crippen LogP contribution in [-0.2, 0) is 37.0 Å². The molecule has 0 aliphatic carbocycles. The minimum Gasteiger partial charge on any atom is -0.465 e. The Morgan fingerprint density at radius 1 is 0.816 bits per heavy atom. The van der Waals surface area contributed by atoms with Gasteiger partial charge in [0.05, 0.1) is 12.7 Å². The van der Waals surface area contributed by atoms with Crippen LogP contribution in [0.25, 0.3) is 0 Å². The number of methoxy groups -OCH3 is 1. The van der Waals surface area contributed by atoms with Gasteiger partial charge in [-0.25, -0.2) is 9.59 Å². The standard InChI is InChI=1S/C29H30N2O7/c1-30-24-14-13-22(17-23(24)28(34)36-2)27(33)31-25(29(35)38-19-21-11-7-4-8-12-21)15-16-26(32)37-18-20-9-5-3-6-10-20/h3-14,17,25,30H,15-16,18-19H2,1-2H3,(H,31,33). The molecule has 1 amide bonds. The number of anilines is 1. The van der Waals surface area contributed by atoms with Gasteiger partial charge in [0.15, 0.2) is 0 Å². The van der Waals surface area contributed by atoms with Crippen molar-refractivity contribution in [2.45, 2.75) is 32.1 Å². The zero-order valence-electron chi connectivity index (χ0n) is 21.3. The van der Waals surface area contributed by atoms with Crippen LogP contribution in [0.15, 0.2) is 78.9 Å². The predicted molar refractivity (Wildman–Crippen MR) is 140 cm³/mol. The lowest BCUT2D eigenvalue weighted by Gasteiger charge is -2.18. The number of rotatable bonds is 12. The Morgan fingerprint density at radius 3 is 2.00 bits per heavy atom. The molecule has 9 heteroatoms. The van der Waals surface area contributed by atoms with E-state index in [2.05, 4.69) is 10.6 Å². The van der Waals surface area contributed by atoms with Crippen molar-refractivity contribution < 1.29 is 33.4 Å². The number of amides is 1. The molecule has 1 unspecified atom stereocenters. The van der Waals surface area contributed by atoms with Crippen molar-refractivity contribution in [1.29, 1.82) is 0 Å². The van der Waals surface area contributed by atoms with Crippen molar-refractivity contribution in [3.8, 4) is 0 Å². The van der Waals surface area contributed by atoms with Crippen LogP contribution >= 0.6 is 0 Å². The van der Waals surface area contributed by atoms with Crippen molar-refractivity contribution in [3.05, 3.63) is 101 Å². The fourth-order valence-corrected chi connectivity index (χ4v) is 3.57. The summed E-state index contributed by atoms with van der Waals surface area (Å²) in [5, 5.41) is 5.49. The lowest BCUT2D eigenvalue weighted by Crippen LogP contribution is -2.42. The largest absolute Gasteiger partial charge is 0.465 e. The van der Waals surface area contributed by atoms with Gasteiger partial charge in [0, 0.05) is 24.7 Å². The molecule has 0 bridgehead atoms. The third kappa shape index (κ3) is 8.19. The monoisotopic (exact) mass is 518 g/mol. The summed E-state index contributed by atoms with van der Waals surface area (Å²) in [6.45, 7) is 0.108. The van der Waals surface area contributed by atoms with E-state index >= 15 is 0 Å². The lowest BCUT2D eigenvalue weighted by atomic mass is 10.1. The molecule has 3 aromatic rings. The summed E-state index contributed by atoms with van der Waals surface area (Å²) in [6, 6.07) is 21.6. The summed E-state index contributed by atoms with van der Waals surface area (Å²) < 4.78 is 15.5. The van der Waals surface area contributed by atoms with Crippen LogP contribution in [0.2, 0.25) is 0 Å². The Balaban J connectivity index is 1.69. The Morgan fingerprint density at radius 2 is 1.42 bits per heavy atom. The second-order valence-corrected chi connectivity index (χ2v) is 8.31. The van der Waals surface area contributed by atoms with E-state index in [0.717, 1.165) is 11.1 Å². The van der Waals surface area contributed by atoms with Gasteiger partial charge >= 0.3 is 17.9 Å². The zero-order valence-corrected chi connectivity index (χ0v) is 21.3. The molecule has 0 aliphatic heterocycles. The summed E-state index contributed by atoms with van der Waals surface area (Å²) in [5.41, 5.74) is 2.39. The van der Waals surface area contributed by atoms with Gasteiger partial charge in [0.2, 0.25) is 0 Å². The highest BCUT2D eigenvalue weighted by molar-refractivity contribution is 6.02. The Kier molecular flexibility index (Phi) is 10.4. The van der Waals surface area contributed by atoms with Crippen molar-refractivity contribution in [3.63, 3.8) is 0 Å². The van der Waals surface area contributed by atoms with E-state index in [9.17, 15) is 19.2 Å². The summed E-state index contributed by atoms with van der Waals surface area (Å²) in [6.07, 6.45) is -0.157. The Hall–Kier alpha value is -4.66. The molecule has 9 nitrogen and oxygen atoms in total. The van der Waals surface area contributed by atoms with Gasteiger partial charge in [-0.05, 0) is 35.7 Å². The van der Waals surface area contributed by atoms with Crippen LogP contribution in [0.3, 0.4) is 0 Å². The number of ether oxygens (including phenoxy) is 3. The maximum atomic E-state index is 13.0. The molecule has 38 heavy (non-hydrogen) atoms. The Labute approximate surface area is 221 Å². The molecule has 0 aliphatic rings. The van der Waals surface area contributed by atoms with Crippen LogP contribution < -0.4 is 10.6 Å². The van der Waals surface area contributed by atoms with Gasteiger partial charge in [-0.1, -0.05) is 60.7 Å². The van der Waals surface area contributed by atoms with E-state index in [4.69, 9.17) is 14.2 Å². The minimum atomic E-state index is -1.12. The van der Waals surface area contributed by atoms with Crippen LogP contribution in [0.5, 0.6) is 0 Å². The van der Waals surface area contributed by atoms with Crippen molar-refractivity contribution in [1.82, 2.24) is 5.32 Å². The van der Waals surface area contributed by atoms with E-state index in [0.29, 0.717) is 5.69 Å². The second-order valence-electron chi connectivity index (χ2n) is 8.31. The molecule has 0 heterocycles. The normalized spacial score (nSPS) is 11.1. The first-order chi connectivity index (χ1) is 18.4. The van der Waals surface area contributed by atoms with Crippen LogP contribution in [0, 0.1) is 0 Å². The highest BCUT2D eigenvalue weighted by Gasteiger charge is 2.25. The molecule has 0 saturated heterocycles. The molecular weight excluding hydrogens is 488 g/mol. The number of esters is 3. The maximum Gasteiger partial charge on any atom is 0.339 e. The molecule has 0 spiro atoms. The number of carbonyl (C=O) groups is 4. The second kappa shape index (κ2) is 14.2. The molecule has 0 saturated carbocycles. The van der Waals surface area contributed by atoms with Crippen LogP contribution in [0.4, 0.5) is 5.69 Å². The number of hydrogen-bond acceptors (Lipinski definition) is 8. The third-order valence-corrected chi connectivity index (χ3v) is 5.65. The lowest BCUT2D eigenvalue weighted by molar-refractivity contribution is -0.148. The topological polar surface area (TPSA) is 120 Å². The van der Waals surface area contributed by atoms with Gasteiger partial charge in [-0.3, -0.25) is 9.59 Å². The quantitative estimate of drug-likeness (QED) is 0.274. The van der Waals surface area contributed by atoms with Crippen LogP contribution in [0.1, 0.15) is 44.7 Å². The van der Waals surface area contributed by atoms with Gasteiger partial charge in [0.1, 0.15) is 19.3 Å². The number of carbonyl (C=O) groups excluding carboxylic acids is 4. The van der Waals surface area contributed by atoms with E-state index in [1.165, 1.54) is 19.2 Å². The van der Waals surface area contributed by atoms with E-state index < -0.39 is 29.9 Å². The van der Waals surface area contributed by atoms with Gasteiger partial charge in [-0.15, -0.1) is 0 Å². The average molecular weight is 519 g/mol. The zero-order chi connectivity index (χ0) is 27.3. The number of benzene rings is 3. The minimum absolute atomic E-state index is 0.00779. The van der Waals surface area contributed by atoms with E-state index in [1.54, 1.807) is 25.2 Å².